The molecule has 0 radical (unpaired) electrons. The van der Waals surface area contributed by atoms with Crippen molar-refractivity contribution in [1.82, 2.24) is 0 Å². The lowest BCUT2D eigenvalue weighted by Gasteiger charge is -2.06. The van der Waals surface area contributed by atoms with Gasteiger partial charge in [-0.1, -0.05) is 0 Å². The van der Waals surface area contributed by atoms with Crippen molar-refractivity contribution in [3.05, 3.63) is 30.3 Å². The molecule has 0 heterocycles. The highest BCUT2D eigenvalue weighted by molar-refractivity contribution is 9.10. The minimum Gasteiger partial charge on any atom is -0.503 e. The second kappa shape index (κ2) is 4.44. The van der Waals surface area contributed by atoms with Gasteiger partial charge in [0.15, 0.2) is 5.75 Å². The molecule has 96 valence electrons. The van der Waals surface area contributed by atoms with E-state index in [9.17, 15) is 35.2 Å². The van der Waals surface area contributed by atoms with Crippen molar-refractivity contribution in [2.24, 2.45) is 0 Å². The highest BCUT2D eigenvalue weighted by atomic mass is 79.9. The monoisotopic (exact) mass is 322 g/mol. The molecule has 1 aromatic rings. The van der Waals surface area contributed by atoms with Crippen LogP contribution in [0.3, 0.4) is 0 Å². The van der Waals surface area contributed by atoms with Crippen molar-refractivity contribution >= 4 is 33.3 Å². The van der Waals surface area contributed by atoms with Gasteiger partial charge in [0.05, 0.1) is 9.85 Å². The van der Waals surface area contributed by atoms with E-state index in [-0.39, 0.29) is 0 Å². The number of nitrogens with zero attached hydrogens (tertiary/aromatic N) is 2. The number of carboxylic acids is 1. The Kier molecular flexibility index (Phi) is 3.37. The lowest BCUT2D eigenvalue weighted by Crippen LogP contribution is -2.08. The van der Waals surface area contributed by atoms with Crippen molar-refractivity contribution in [2.45, 2.75) is 0 Å². The lowest BCUT2D eigenvalue weighted by atomic mass is 10.1. The van der Waals surface area contributed by atoms with Crippen molar-refractivity contribution in [3.8, 4) is 11.5 Å². The van der Waals surface area contributed by atoms with E-state index in [1.54, 1.807) is 0 Å². The van der Waals surface area contributed by atoms with Crippen LogP contribution in [-0.4, -0.2) is 31.1 Å². The maximum absolute atomic E-state index is 10.8. The number of halogens is 1. The molecule has 0 fully saturated rings. The Hall–Kier alpha value is -2.43. The molecule has 0 spiro atoms. The van der Waals surface area contributed by atoms with Gasteiger partial charge in [-0.15, -0.1) is 0 Å². The van der Waals surface area contributed by atoms with Crippen LogP contribution < -0.4 is 0 Å². The minimum atomic E-state index is -1.98. The second-order valence-electron chi connectivity index (χ2n) is 2.90. The van der Waals surface area contributed by atoms with E-state index in [4.69, 9.17) is 5.11 Å². The molecule has 10 nitrogen and oxygen atoms in total. The summed E-state index contributed by atoms with van der Waals surface area (Å²) < 4.78 is -0.756. The molecule has 0 saturated heterocycles. The van der Waals surface area contributed by atoms with Crippen LogP contribution in [0.4, 0.5) is 11.4 Å². The Morgan fingerprint density at radius 2 is 1.50 bits per heavy atom. The van der Waals surface area contributed by atoms with Crippen LogP contribution in [0.15, 0.2) is 4.47 Å². The maximum atomic E-state index is 10.8. The fourth-order valence-electron chi connectivity index (χ4n) is 1.22. The molecule has 0 saturated carbocycles. The van der Waals surface area contributed by atoms with Crippen molar-refractivity contribution in [2.75, 3.05) is 0 Å². The molecule has 11 heteroatoms. The van der Waals surface area contributed by atoms with Crippen LogP contribution in [0.5, 0.6) is 11.5 Å². The summed E-state index contributed by atoms with van der Waals surface area (Å²) in [5.41, 5.74) is -3.99. The number of carboxylic acid groups (broad SMARTS) is 1. The number of phenols is 2. The van der Waals surface area contributed by atoms with Crippen LogP contribution in [0.1, 0.15) is 10.4 Å². The van der Waals surface area contributed by atoms with Gasteiger partial charge in [-0.05, 0) is 15.9 Å². The first-order chi connectivity index (χ1) is 8.20. The van der Waals surface area contributed by atoms with Crippen LogP contribution >= 0.6 is 15.9 Å². The number of nitro groups is 2. The molecule has 18 heavy (non-hydrogen) atoms. The third kappa shape index (κ3) is 1.90. The molecule has 0 aliphatic carbocycles. The first-order valence-electron chi connectivity index (χ1n) is 3.99. The average Bonchev–Trinajstić information content (AvgIpc) is 2.23. The van der Waals surface area contributed by atoms with E-state index in [0.717, 1.165) is 0 Å². The SMILES string of the molecule is O=C(O)c1c([N+](=O)[O-])c(O)c(O)c(Br)c1[N+](=O)[O-]. The van der Waals surface area contributed by atoms with Gasteiger partial charge >= 0.3 is 17.3 Å². The molecule has 0 atom stereocenters. The maximum Gasteiger partial charge on any atom is 0.350 e. The Labute approximate surface area is 106 Å². The number of benzene rings is 1. The Morgan fingerprint density at radius 1 is 1.06 bits per heavy atom. The topological polar surface area (TPSA) is 164 Å². The van der Waals surface area contributed by atoms with E-state index in [1.165, 1.54) is 0 Å². The molecule has 0 aromatic heterocycles. The van der Waals surface area contributed by atoms with E-state index in [0.29, 0.717) is 0 Å². The van der Waals surface area contributed by atoms with Gasteiger partial charge in [0.2, 0.25) is 11.3 Å². The highest BCUT2D eigenvalue weighted by Gasteiger charge is 2.40. The Balaban J connectivity index is 3.99. The molecular formula is C7H3BrN2O8. The zero-order valence-electron chi connectivity index (χ0n) is 8.16. The second-order valence-corrected chi connectivity index (χ2v) is 3.70. The summed E-state index contributed by atoms with van der Waals surface area (Å²) in [6.45, 7) is 0. The molecule has 0 bridgehead atoms. The first-order valence-corrected chi connectivity index (χ1v) is 4.78. The number of aromatic hydroxyl groups is 2. The van der Waals surface area contributed by atoms with E-state index < -0.39 is 48.7 Å². The summed E-state index contributed by atoms with van der Waals surface area (Å²) in [6.07, 6.45) is 0. The van der Waals surface area contributed by atoms with Crippen molar-refractivity contribution in [1.29, 1.82) is 0 Å². The number of nitro benzene ring substituents is 2. The number of carbonyl (C=O) groups is 1. The highest BCUT2D eigenvalue weighted by Crippen LogP contribution is 2.49. The zero-order chi connectivity index (χ0) is 14.2. The summed E-state index contributed by atoms with van der Waals surface area (Å²) in [5.74, 6) is -4.53. The van der Waals surface area contributed by atoms with Crippen molar-refractivity contribution < 1.29 is 30.0 Å². The van der Waals surface area contributed by atoms with E-state index >= 15 is 0 Å². The smallest absolute Gasteiger partial charge is 0.350 e. The first kappa shape index (κ1) is 13.6. The number of aromatic carboxylic acids is 1. The Bertz CT molecular complexity index is 542. The van der Waals surface area contributed by atoms with Gasteiger partial charge in [0.1, 0.15) is 4.47 Å². The van der Waals surface area contributed by atoms with Crippen molar-refractivity contribution in [3.63, 3.8) is 0 Å². The number of phenolic OH excluding ortho intramolecular Hbond substituents is 2. The molecule has 3 N–H and O–H groups in total. The normalized spacial score (nSPS) is 10.1. The molecule has 0 amide bonds. The molecule has 1 rings (SSSR count). The number of hydrogen-bond donors (Lipinski definition) is 3. The molecular weight excluding hydrogens is 320 g/mol. The van der Waals surface area contributed by atoms with Gasteiger partial charge in [-0.3, -0.25) is 20.2 Å². The van der Waals surface area contributed by atoms with Gasteiger partial charge in [0.25, 0.3) is 0 Å². The molecule has 0 aliphatic rings. The van der Waals surface area contributed by atoms with E-state index in [2.05, 4.69) is 15.9 Å². The lowest BCUT2D eigenvalue weighted by molar-refractivity contribution is -0.395. The largest absolute Gasteiger partial charge is 0.503 e. The number of hydrogen-bond acceptors (Lipinski definition) is 7. The summed E-state index contributed by atoms with van der Waals surface area (Å²) in [7, 11) is 0. The van der Waals surface area contributed by atoms with E-state index in [1.807, 2.05) is 0 Å². The van der Waals surface area contributed by atoms with Gasteiger partial charge in [0, 0.05) is 0 Å². The van der Waals surface area contributed by atoms with Crippen LogP contribution in [0.2, 0.25) is 0 Å². The average molecular weight is 323 g/mol. The Morgan fingerprint density at radius 3 is 1.83 bits per heavy atom. The molecule has 1 aromatic carbocycles. The molecule has 0 aliphatic heterocycles. The summed E-state index contributed by atoms with van der Waals surface area (Å²) in [5, 5.41) is 48.6. The third-order valence-corrected chi connectivity index (χ3v) is 2.67. The molecule has 0 unspecified atom stereocenters. The van der Waals surface area contributed by atoms with Gasteiger partial charge in [-0.2, -0.15) is 0 Å². The minimum absolute atomic E-state index is 0.756. The fourth-order valence-corrected chi connectivity index (χ4v) is 1.75. The standard InChI is InChI=1S/C7H3BrN2O8/c8-2-3(9(15)16)1(7(13)14)4(10(17)18)6(12)5(2)11/h11-12H,(H,13,14). The summed E-state index contributed by atoms with van der Waals surface area (Å²) in [6, 6.07) is 0. The fraction of sp³-hybridized carbons (Fsp3) is 0. The zero-order valence-corrected chi connectivity index (χ0v) is 9.74. The van der Waals surface area contributed by atoms with Gasteiger partial charge < -0.3 is 15.3 Å². The van der Waals surface area contributed by atoms with Crippen LogP contribution in [-0.2, 0) is 0 Å². The van der Waals surface area contributed by atoms with Crippen LogP contribution in [0.25, 0.3) is 0 Å². The van der Waals surface area contributed by atoms with Crippen LogP contribution in [0, 0.1) is 20.2 Å². The predicted molar refractivity (Wildman–Crippen MR) is 57.7 cm³/mol. The summed E-state index contributed by atoms with van der Waals surface area (Å²) in [4.78, 5) is 29.6. The van der Waals surface area contributed by atoms with Gasteiger partial charge in [-0.25, -0.2) is 4.79 Å². The third-order valence-electron chi connectivity index (χ3n) is 1.92. The quantitative estimate of drug-likeness (QED) is 0.426. The predicted octanol–water partition coefficient (Wildman–Crippen LogP) is 1.37. The number of rotatable bonds is 3. The summed E-state index contributed by atoms with van der Waals surface area (Å²) >= 11 is 2.50.